The average Bonchev–Trinajstić information content (AvgIpc) is 3.14. The topological polar surface area (TPSA) is 114 Å². The van der Waals surface area contributed by atoms with Gasteiger partial charge in [-0.25, -0.2) is 9.59 Å². The normalized spacial score (nSPS) is 14.0. The largest absolute Gasteiger partial charge is 0.479 e. The standard InChI is InChI=1S/C25H30N2O6/c1-16(23(28)27-14-22(32-2)24(29)30)8-7-13-26-25(31)33-15-21-19-11-5-3-9-17(19)18-10-4-6-12-20(18)21/h3-6,9-12,16,21-22H,7-8,13-15H2,1-2H3,(H,26,31)(H,27,28)(H,29,30). The lowest BCUT2D eigenvalue weighted by molar-refractivity contribution is -0.148. The number of aliphatic carboxylic acids is 1. The first-order valence-corrected chi connectivity index (χ1v) is 11.0. The Morgan fingerprint density at radius 2 is 1.61 bits per heavy atom. The monoisotopic (exact) mass is 454 g/mol. The minimum absolute atomic E-state index is 0.00796. The smallest absolute Gasteiger partial charge is 0.407 e. The number of hydrogen-bond donors (Lipinski definition) is 3. The highest BCUT2D eigenvalue weighted by molar-refractivity contribution is 5.80. The fraction of sp³-hybridized carbons (Fsp3) is 0.400. The number of carbonyl (C=O) groups is 3. The van der Waals surface area contributed by atoms with E-state index in [4.69, 9.17) is 14.6 Å². The van der Waals surface area contributed by atoms with Crippen LogP contribution in [0, 0.1) is 5.92 Å². The molecule has 2 amide bonds. The summed E-state index contributed by atoms with van der Waals surface area (Å²) in [5, 5.41) is 14.2. The molecular formula is C25H30N2O6. The van der Waals surface area contributed by atoms with Crippen LogP contribution < -0.4 is 10.6 Å². The fourth-order valence-corrected chi connectivity index (χ4v) is 4.02. The summed E-state index contributed by atoms with van der Waals surface area (Å²) in [7, 11) is 1.28. The minimum Gasteiger partial charge on any atom is -0.479 e. The summed E-state index contributed by atoms with van der Waals surface area (Å²) in [6.45, 7) is 2.30. The highest BCUT2D eigenvalue weighted by atomic mass is 16.5. The van der Waals surface area contributed by atoms with Crippen LogP contribution in [-0.2, 0) is 19.1 Å². The average molecular weight is 455 g/mol. The van der Waals surface area contributed by atoms with Gasteiger partial charge in [-0.05, 0) is 35.1 Å². The fourth-order valence-electron chi connectivity index (χ4n) is 4.02. The first-order valence-electron chi connectivity index (χ1n) is 11.0. The van der Waals surface area contributed by atoms with Crippen LogP contribution in [0.5, 0.6) is 0 Å². The summed E-state index contributed by atoms with van der Waals surface area (Å²) in [5.41, 5.74) is 4.67. The molecule has 1 aliphatic carbocycles. The van der Waals surface area contributed by atoms with Crippen LogP contribution in [-0.4, -0.2) is 56.0 Å². The van der Waals surface area contributed by atoms with Crippen molar-refractivity contribution in [2.24, 2.45) is 5.92 Å². The minimum atomic E-state index is -1.13. The summed E-state index contributed by atoms with van der Waals surface area (Å²) in [5.74, 6) is -1.69. The van der Waals surface area contributed by atoms with E-state index in [1.54, 1.807) is 6.92 Å². The van der Waals surface area contributed by atoms with E-state index in [-0.39, 0.29) is 30.9 Å². The van der Waals surface area contributed by atoms with Crippen molar-refractivity contribution in [3.8, 4) is 11.1 Å². The van der Waals surface area contributed by atoms with E-state index < -0.39 is 18.2 Å². The highest BCUT2D eigenvalue weighted by Crippen LogP contribution is 2.44. The Kier molecular flexibility index (Phi) is 8.43. The first kappa shape index (κ1) is 24.3. The third kappa shape index (κ3) is 6.10. The van der Waals surface area contributed by atoms with Crippen LogP contribution in [0.2, 0.25) is 0 Å². The molecule has 1 aliphatic rings. The highest BCUT2D eigenvalue weighted by Gasteiger charge is 2.29. The number of alkyl carbamates (subject to hydrolysis) is 1. The van der Waals surface area contributed by atoms with Gasteiger partial charge in [0.1, 0.15) is 6.61 Å². The molecule has 0 aromatic heterocycles. The number of methoxy groups -OCH3 is 1. The Bertz CT molecular complexity index is 947. The maximum atomic E-state index is 12.2. The number of carboxylic acid groups (broad SMARTS) is 1. The van der Waals surface area contributed by atoms with E-state index in [1.165, 1.54) is 18.2 Å². The van der Waals surface area contributed by atoms with Gasteiger partial charge in [0.15, 0.2) is 6.10 Å². The lowest BCUT2D eigenvalue weighted by atomic mass is 9.98. The molecule has 0 spiro atoms. The molecule has 0 bridgehead atoms. The lowest BCUT2D eigenvalue weighted by Gasteiger charge is -2.16. The van der Waals surface area contributed by atoms with Gasteiger partial charge in [0, 0.05) is 25.5 Å². The number of nitrogens with one attached hydrogen (secondary N) is 2. The molecule has 3 rings (SSSR count). The molecule has 8 heteroatoms. The molecule has 8 nitrogen and oxygen atoms in total. The third-order valence-corrected chi connectivity index (χ3v) is 5.90. The van der Waals surface area contributed by atoms with Gasteiger partial charge in [-0.3, -0.25) is 4.79 Å². The van der Waals surface area contributed by atoms with Gasteiger partial charge in [0.2, 0.25) is 5.91 Å². The molecule has 3 N–H and O–H groups in total. The molecule has 0 aliphatic heterocycles. The van der Waals surface area contributed by atoms with Gasteiger partial charge in [-0.2, -0.15) is 0 Å². The second kappa shape index (κ2) is 11.5. The maximum absolute atomic E-state index is 12.2. The number of fused-ring (bicyclic) bond motifs is 3. The number of carboxylic acids is 1. The van der Waals surface area contributed by atoms with Crippen LogP contribution >= 0.6 is 0 Å². The number of rotatable bonds is 11. The van der Waals surface area contributed by atoms with Crippen LogP contribution in [0.1, 0.15) is 36.8 Å². The number of hydrogen-bond acceptors (Lipinski definition) is 5. The SMILES string of the molecule is COC(CNC(=O)C(C)CCCNC(=O)OCC1c2ccccc2-c2ccccc21)C(=O)O. The van der Waals surface area contributed by atoms with E-state index in [0.29, 0.717) is 19.4 Å². The summed E-state index contributed by atoms with van der Waals surface area (Å²) in [6.07, 6.45) is -0.430. The molecule has 0 saturated carbocycles. The van der Waals surface area contributed by atoms with Gasteiger partial charge in [0.25, 0.3) is 0 Å². The molecule has 0 fully saturated rings. The number of ether oxygens (including phenoxy) is 2. The zero-order valence-corrected chi connectivity index (χ0v) is 18.9. The zero-order chi connectivity index (χ0) is 23.8. The Labute approximate surface area is 193 Å². The molecule has 2 atom stereocenters. The number of amides is 2. The van der Waals surface area contributed by atoms with Gasteiger partial charge >= 0.3 is 12.1 Å². The molecular weight excluding hydrogens is 424 g/mol. The molecule has 33 heavy (non-hydrogen) atoms. The molecule has 0 radical (unpaired) electrons. The molecule has 2 unspecified atom stereocenters. The Morgan fingerprint density at radius 3 is 2.18 bits per heavy atom. The van der Waals surface area contributed by atoms with Crippen molar-refractivity contribution < 1.29 is 29.0 Å². The van der Waals surface area contributed by atoms with Gasteiger partial charge in [-0.15, -0.1) is 0 Å². The summed E-state index contributed by atoms with van der Waals surface area (Å²) >= 11 is 0. The van der Waals surface area contributed by atoms with Crippen molar-refractivity contribution in [2.45, 2.75) is 31.8 Å². The van der Waals surface area contributed by atoms with Crippen LogP contribution in [0.3, 0.4) is 0 Å². The lowest BCUT2D eigenvalue weighted by Crippen LogP contribution is -2.40. The van der Waals surface area contributed by atoms with E-state index in [1.807, 2.05) is 24.3 Å². The summed E-state index contributed by atoms with van der Waals surface area (Å²) < 4.78 is 10.3. The van der Waals surface area contributed by atoms with Crippen molar-refractivity contribution in [3.05, 3.63) is 59.7 Å². The van der Waals surface area contributed by atoms with Gasteiger partial charge < -0.3 is 25.2 Å². The van der Waals surface area contributed by atoms with Crippen LogP contribution in [0.4, 0.5) is 4.79 Å². The number of carbonyl (C=O) groups excluding carboxylic acids is 2. The van der Waals surface area contributed by atoms with E-state index in [0.717, 1.165) is 11.1 Å². The molecule has 2 aromatic carbocycles. The summed E-state index contributed by atoms with van der Waals surface area (Å²) in [4.78, 5) is 35.2. The van der Waals surface area contributed by atoms with Crippen molar-refractivity contribution >= 4 is 18.0 Å². The maximum Gasteiger partial charge on any atom is 0.407 e. The Balaban J connectivity index is 1.38. The van der Waals surface area contributed by atoms with Crippen molar-refractivity contribution in [1.29, 1.82) is 0 Å². The molecule has 0 heterocycles. The summed E-state index contributed by atoms with van der Waals surface area (Å²) in [6, 6.07) is 16.3. The van der Waals surface area contributed by atoms with Gasteiger partial charge in [0.05, 0.1) is 6.54 Å². The molecule has 176 valence electrons. The van der Waals surface area contributed by atoms with Crippen LogP contribution in [0.25, 0.3) is 11.1 Å². The molecule has 0 saturated heterocycles. The second-order valence-electron chi connectivity index (χ2n) is 8.10. The quantitative estimate of drug-likeness (QED) is 0.450. The van der Waals surface area contributed by atoms with Crippen LogP contribution in [0.15, 0.2) is 48.5 Å². The van der Waals surface area contributed by atoms with Crippen molar-refractivity contribution in [2.75, 3.05) is 26.8 Å². The number of benzene rings is 2. The van der Waals surface area contributed by atoms with Gasteiger partial charge in [-0.1, -0.05) is 55.5 Å². The zero-order valence-electron chi connectivity index (χ0n) is 18.9. The third-order valence-electron chi connectivity index (χ3n) is 5.90. The second-order valence-corrected chi connectivity index (χ2v) is 8.10. The predicted octanol–water partition coefficient (Wildman–Crippen LogP) is 3.16. The predicted molar refractivity (Wildman–Crippen MR) is 123 cm³/mol. The Morgan fingerprint density at radius 1 is 1.00 bits per heavy atom. The van der Waals surface area contributed by atoms with Crippen molar-refractivity contribution in [1.82, 2.24) is 10.6 Å². The molecule has 2 aromatic rings. The first-order chi connectivity index (χ1) is 15.9. The van der Waals surface area contributed by atoms with E-state index >= 15 is 0 Å². The van der Waals surface area contributed by atoms with E-state index in [2.05, 4.69) is 34.9 Å². The Hall–Kier alpha value is -3.39. The van der Waals surface area contributed by atoms with E-state index in [9.17, 15) is 14.4 Å². The van der Waals surface area contributed by atoms with Crippen molar-refractivity contribution in [3.63, 3.8) is 0 Å².